The summed E-state index contributed by atoms with van der Waals surface area (Å²) in [7, 11) is 0. The summed E-state index contributed by atoms with van der Waals surface area (Å²) in [6, 6.07) is 9.94. The van der Waals surface area contributed by atoms with Crippen LogP contribution in [0, 0.1) is 6.92 Å². The number of hydrogen-bond donors (Lipinski definition) is 1. The Bertz CT molecular complexity index is 442. The van der Waals surface area contributed by atoms with E-state index in [0.29, 0.717) is 0 Å². The molecule has 2 aromatic rings. The summed E-state index contributed by atoms with van der Waals surface area (Å²) in [5.74, 6) is 0. The van der Waals surface area contributed by atoms with Gasteiger partial charge in [-0.05, 0) is 42.3 Å². The van der Waals surface area contributed by atoms with Crippen LogP contribution in [0.2, 0.25) is 5.02 Å². The highest BCUT2D eigenvalue weighted by atomic mass is 35.5. The summed E-state index contributed by atoms with van der Waals surface area (Å²) in [6.07, 6.45) is 0. The molecule has 0 fully saturated rings. The molecule has 2 N–H and O–H groups in total. The second-order valence-electron chi connectivity index (χ2n) is 3.22. The van der Waals surface area contributed by atoms with Crippen LogP contribution in [0.15, 0.2) is 30.3 Å². The van der Waals surface area contributed by atoms with Gasteiger partial charge in [0.05, 0.1) is 5.00 Å². The van der Waals surface area contributed by atoms with Gasteiger partial charge in [0.1, 0.15) is 0 Å². The Morgan fingerprint density at radius 1 is 1.21 bits per heavy atom. The molecule has 1 nitrogen and oxygen atoms in total. The van der Waals surface area contributed by atoms with Crippen molar-refractivity contribution in [3.05, 3.63) is 40.9 Å². The molecule has 1 aromatic heterocycles. The van der Waals surface area contributed by atoms with E-state index in [2.05, 4.69) is 6.07 Å². The van der Waals surface area contributed by atoms with Crippen LogP contribution in [0.4, 0.5) is 5.00 Å². The molecule has 0 radical (unpaired) electrons. The maximum Gasteiger partial charge on any atom is 0.0862 e. The fourth-order valence-electron chi connectivity index (χ4n) is 1.39. The minimum absolute atomic E-state index is 0.770. The highest BCUT2D eigenvalue weighted by molar-refractivity contribution is 7.19. The Kier molecular flexibility index (Phi) is 2.48. The van der Waals surface area contributed by atoms with E-state index < -0.39 is 0 Å². The number of aryl methyl sites for hydroxylation is 1. The smallest absolute Gasteiger partial charge is 0.0862 e. The van der Waals surface area contributed by atoms with E-state index in [4.69, 9.17) is 17.3 Å². The Morgan fingerprint density at radius 3 is 2.57 bits per heavy atom. The van der Waals surface area contributed by atoms with Crippen molar-refractivity contribution in [2.75, 3.05) is 5.73 Å². The molecule has 2 rings (SSSR count). The summed E-state index contributed by atoms with van der Waals surface area (Å²) in [5, 5.41) is 1.60. The van der Waals surface area contributed by atoms with Gasteiger partial charge in [-0.1, -0.05) is 17.7 Å². The summed E-state index contributed by atoms with van der Waals surface area (Å²) < 4.78 is 0. The van der Waals surface area contributed by atoms with Crippen molar-refractivity contribution in [2.24, 2.45) is 0 Å². The van der Waals surface area contributed by atoms with Crippen LogP contribution < -0.4 is 5.73 Å². The SMILES string of the molecule is Cc1cc(Cl)cc(-c2ccc(N)s2)c1. The van der Waals surface area contributed by atoms with Gasteiger partial charge in [-0.3, -0.25) is 0 Å². The Balaban J connectivity index is 2.51. The van der Waals surface area contributed by atoms with Crippen LogP contribution in [0.1, 0.15) is 5.56 Å². The molecule has 3 heteroatoms. The number of anilines is 1. The first-order valence-electron chi connectivity index (χ1n) is 4.28. The normalized spacial score (nSPS) is 10.4. The number of benzene rings is 1. The zero-order valence-corrected chi connectivity index (χ0v) is 9.32. The van der Waals surface area contributed by atoms with E-state index in [9.17, 15) is 0 Å². The summed E-state index contributed by atoms with van der Waals surface area (Å²) in [6.45, 7) is 2.03. The zero-order chi connectivity index (χ0) is 10.1. The second-order valence-corrected chi connectivity index (χ2v) is 4.77. The molecule has 0 saturated carbocycles. The van der Waals surface area contributed by atoms with E-state index in [0.717, 1.165) is 20.5 Å². The standard InChI is InChI=1S/C11H10ClNS/c1-7-4-8(6-9(12)5-7)10-2-3-11(13)14-10/h2-6H,13H2,1H3. The van der Waals surface area contributed by atoms with Crippen LogP contribution >= 0.6 is 22.9 Å². The number of thiophene rings is 1. The number of nitrogens with two attached hydrogens (primary N) is 1. The molecule has 0 aliphatic carbocycles. The van der Waals surface area contributed by atoms with Gasteiger partial charge >= 0.3 is 0 Å². The van der Waals surface area contributed by atoms with Gasteiger partial charge in [-0.2, -0.15) is 0 Å². The molecule has 0 atom stereocenters. The lowest BCUT2D eigenvalue weighted by Crippen LogP contribution is -1.76. The maximum atomic E-state index is 5.98. The van der Waals surface area contributed by atoms with Crippen molar-refractivity contribution in [3.8, 4) is 10.4 Å². The maximum absolute atomic E-state index is 5.98. The van der Waals surface area contributed by atoms with Crippen LogP contribution in [0.5, 0.6) is 0 Å². The molecule has 1 aromatic carbocycles. The predicted molar refractivity (Wildman–Crippen MR) is 63.9 cm³/mol. The van der Waals surface area contributed by atoms with Crippen LogP contribution in [0.25, 0.3) is 10.4 Å². The summed E-state index contributed by atoms with van der Waals surface area (Å²) in [5.41, 5.74) is 7.98. The molecular weight excluding hydrogens is 214 g/mol. The fourth-order valence-corrected chi connectivity index (χ4v) is 2.44. The summed E-state index contributed by atoms with van der Waals surface area (Å²) in [4.78, 5) is 1.16. The molecule has 72 valence electrons. The highest BCUT2D eigenvalue weighted by Gasteiger charge is 2.02. The molecule has 0 aliphatic heterocycles. The van der Waals surface area contributed by atoms with Crippen LogP contribution in [-0.4, -0.2) is 0 Å². The van der Waals surface area contributed by atoms with Gasteiger partial charge in [0.15, 0.2) is 0 Å². The largest absolute Gasteiger partial charge is 0.391 e. The average Bonchev–Trinajstić information content (AvgIpc) is 2.50. The molecule has 0 spiro atoms. The zero-order valence-electron chi connectivity index (χ0n) is 7.75. The van der Waals surface area contributed by atoms with Crippen molar-refractivity contribution in [2.45, 2.75) is 6.92 Å². The van der Waals surface area contributed by atoms with Gasteiger partial charge in [0, 0.05) is 9.90 Å². The van der Waals surface area contributed by atoms with Gasteiger partial charge < -0.3 is 5.73 Å². The number of nitrogen functional groups attached to an aromatic ring is 1. The molecule has 0 aliphatic rings. The number of hydrogen-bond acceptors (Lipinski definition) is 2. The minimum Gasteiger partial charge on any atom is -0.391 e. The van der Waals surface area contributed by atoms with Gasteiger partial charge in [0.2, 0.25) is 0 Å². The molecular formula is C11H10ClNS. The highest BCUT2D eigenvalue weighted by Crippen LogP contribution is 2.31. The molecule has 14 heavy (non-hydrogen) atoms. The number of halogens is 1. The monoisotopic (exact) mass is 223 g/mol. The lowest BCUT2D eigenvalue weighted by molar-refractivity contribution is 1.48. The Morgan fingerprint density at radius 2 is 2.00 bits per heavy atom. The molecule has 0 amide bonds. The van der Waals surface area contributed by atoms with E-state index in [1.165, 1.54) is 5.56 Å². The molecule has 0 saturated heterocycles. The first kappa shape index (κ1) is 9.56. The fraction of sp³-hybridized carbons (Fsp3) is 0.0909. The van der Waals surface area contributed by atoms with E-state index in [1.807, 2.05) is 31.2 Å². The first-order valence-corrected chi connectivity index (χ1v) is 5.47. The first-order chi connectivity index (χ1) is 6.65. The second kappa shape index (κ2) is 3.64. The Hall–Kier alpha value is -0.990. The molecule has 0 unspecified atom stereocenters. The topological polar surface area (TPSA) is 26.0 Å². The van der Waals surface area contributed by atoms with Crippen molar-refractivity contribution in [1.29, 1.82) is 0 Å². The minimum atomic E-state index is 0.770. The van der Waals surface area contributed by atoms with Crippen LogP contribution in [-0.2, 0) is 0 Å². The van der Waals surface area contributed by atoms with E-state index in [-0.39, 0.29) is 0 Å². The lowest BCUT2D eigenvalue weighted by atomic mass is 10.1. The van der Waals surface area contributed by atoms with Gasteiger partial charge in [0.25, 0.3) is 0 Å². The van der Waals surface area contributed by atoms with Crippen molar-refractivity contribution in [1.82, 2.24) is 0 Å². The third kappa shape index (κ3) is 1.91. The van der Waals surface area contributed by atoms with Crippen molar-refractivity contribution >= 4 is 27.9 Å². The quantitative estimate of drug-likeness (QED) is 0.778. The third-order valence-electron chi connectivity index (χ3n) is 1.95. The average molecular weight is 224 g/mol. The van der Waals surface area contributed by atoms with Crippen LogP contribution in [0.3, 0.4) is 0 Å². The van der Waals surface area contributed by atoms with Crippen molar-refractivity contribution in [3.63, 3.8) is 0 Å². The summed E-state index contributed by atoms with van der Waals surface area (Å²) >= 11 is 7.56. The molecule has 0 bridgehead atoms. The third-order valence-corrected chi connectivity index (χ3v) is 3.14. The van der Waals surface area contributed by atoms with Gasteiger partial charge in [-0.15, -0.1) is 11.3 Å². The number of rotatable bonds is 1. The molecule has 1 heterocycles. The van der Waals surface area contributed by atoms with Gasteiger partial charge in [-0.25, -0.2) is 0 Å². The predicted octanol–water partition coefficient (Wildman–Crippen LogP) is 3.96. The van der Waals surface area contributed by atoms with E-state index >= 15 is 0 Å². The van der Waals surface area contributed by atoms with E-state index in [1.54, 1.807) is 11.3 Å². The lowest BCUT2D eigenvalue weighted by Gasteiger charge is -2.00. The Labute approximate surface area is 92.1 Å². The van der Waals surface area contributed by atoms with Crippen molar-refractivity contribution < 1.29 is 0 Å².